The van der Waals surface area contributed by atoms with E-state index in [1.165, 1.54) is 44.1 Å². The molecular formula is C20H32N2O. The Labute approximate surface area is 141 Å². The molecule has 1 aromatic rings. The van der Waals surface area contributed by atoms with Crippen molar-refractivity contribution in [2.45, 2.75) is 57.8 Å². The fraction of sp³-hybridized carbons (Fsp3) is 0.650. The number of amides is 1. The Hall–Kier alpha value is -1.35. The second kappa shape index (κ2) is 9.71. The maximum Gasteiger partial charge on any atom is 0.224 e. The molecule has 0 aromatic heterocycles. The predicted octanol–water partition coefficient (Wildman–Crippen LogP) is 4.48. The van der Waals surface area contributed by atoms with Crippen LogP contribution in [0.15, 0.2) is 24.3 Å². The Balaban J connectivity index is 1.66. The molecule has 0 saturated heterocycles. The van der Waals surface area contributed by atoms with Gasteiger partial charge in [0.1, 0.15) is 0 Å². The fourth-order valence-electron chi connectivity index (χ4n) is 3.36. The molecule has 2 rings (SSSR count). The molecule has 1 saturated carbocycles. The van der Waals surface area contributed by atoms with Gasteiger partial charge in [0.25, 0.3) is 0 Å². The van der Waals surface area contributed by atoms with Gasteiger partial charge in [0.2, 0.25) is 5.91 Å². The number of nitrogens with zero attached hydrogens (tertiary/aromatic N) is 1. The Morgan fingerprint density at radius 3 is 2.48 bits per heavy atom. The third-order valence-corrected chi connectivity index (χ3v) is 4.83. The van der Waals surface area contributed by atoms with Gasteiger partial charge >= 0.3 is 0 Å². The first kappa shape index (κ1) is 18.0. The number of carbonyl (C=O) groups excluding carboxylic acids is 1. The van der Waals surface area contributed by atoms with Crippen molar-refractivity contribution < 1.29 is 4.79 Å². The summed E-state index contributed by atoms with van der Waals surface area (Å²) < 4.78 is 0. The molecule has 3 heteroatoms. The molecule has 0 radical (unpaired) electrons. The minimum Gasteiger partial charge on any atom is -0.326 e. The topological polar surface area (TPSA) is 32.3 Å². The number of likely N-dealkylation sites (N-methyl/N-ethyl adjacent to an activating group) is 1. The van der Waals surface area contributed by atoms with E-state index in [-0.39, 0.29) is 5.91 Å². The summed E-state index contributed by atoms with van der Waals surface area (Å²) in [6, 6.07) is 8.26. The second-order valence-electron chi connectivity index (χ2n) is 7.19. The van der Waals surface area contributed by atoms with Crippen LogP contribution < -0.4 is 5.32 Å². The van der Waals surface area contributed by atoms with Gasteiger partial charge in [0.05, 0.1) is 0 Å². The van der Waals surface area contributed by atoms with Crippen LogP contribution in [0.3, 0.4) is 0 Å². The summed E-state index contributed by atoms with van der Waals surface area (Å²) in [6.45, 7) is 1.05. The molecule has 1 amide bonds. The Bertz CT molecular complexity index is 461. The number of carbonyl (C=O) groups is 1. The standard InChI is InChI=1S/C20H32N2O/c1-22(2)16-15-18-11-13-19(14-12-18)21-20(23)10-6-9-17-7-4-3-5-8-17/h11-14,17H,3-10,15-16H2,1-2H3,(H,21,23). The third-order valence-electron chi connectivity index (χ3n) is 4.83. The minimum absolute atomic E-state index is 0.154. The lowest BCUT2D eigenvalue weighted by atomic mass is 9.86. The van der Waals surface area contributed by atoms with Crippen molar-refractivity contribution >= 4 is 11.6 Å². The van der Waals surface area contributed by atoms with E-state index in [1.807, 2.05) is 12.1 Å². The van der Waals surface area contributed by atoms with Crippen molar-refractivity contribution in [3.8, 4) is 0 Å². The van der Waals surface area contributed by atoms with Crippen molar-refractivity contribution in [1.82, 2.24) is 4.90 Å². The SMILES string of the molecule is CN(C)CCc1ccc(NC(=O)CCCC2CCCCC2)cc1. The highest BCUT2D eigenvalue weighted by Crippen LogP contribution is 2.27. The average molecular weight is 316 g/mol. The molecule has 23 heavy (non-hydrogen) atoms. The molecule has 0 spiro atoms. The van der Waals surface area contributed by atoms with Gasteiger partial charge in [-0.25, -0.2) is 0 Å². The molecule has 0 aliphatic heterocycles. The number of hydrogen-bond acceptors (Lipinski definition) is 2. The van der Waals surface area contributed by atoms with E-state index in [0.29, 0.717) is 6.42 Å². The zero-order valence-corrected chi connectivity index (χ0v) is 14.8. The van der Waals surface area contributed by atoms with Crippen LogP contribution in [0.2, 0.25) is 0 Å². The Kier molecular flexibility index (Phi) is 7.60. The predicted molar refractivity (Wildman–Crippen MR) is 97.8 cm³/mol. The van der Waals surface area contributed by atoms with E-state index in [4.69, 9.17) is 0 Å². The van der Waals surface area contributed by atoms with Crippen LogP contribution in [-0.2, 0) is 11.2 Å². The molecule has 3 nitrogen and oxygen atoms in total. The zero-order valence-electron chi connectivity index (χ0n) is 14.8. The highest BCUT2D eigenvalue weighted by atomic mass is 16.1. The molecular weight excluding hydrogens is 284 g/mol. The van der Waals surface area contributed by atoms with Crippen molar-refractivity contribution in [2.24, 2.45) is 5.92 Å². The van der Waals surface area contributed by atoms with Crippen LogP contribution in [0.5, 0.6) is 0 Å². The maximum absolute atomic E-state index is 12.0. The van der Waals surface area contributed by atoms with Crippen molar-refractivity contribution in [3.63, 3.8) is 0 Å². The molecule has 0 atom stereocenters. The summed E-state index contributed by atoms with van der Waals surface area (Å²) in [5.41, 5.74) is 2.23. The lowest BCUT2D eigenvalue weighted by molar-refractivity contribution is -0.116. The number of rotatable bonds is 8. The number of anilines is 1. The van der Waals surface area contributed by atoms with E-state index >= 15 is 0 Å². The van der Waals surface area contributed by atoms with Gasteiger partial charge in [-0.15, -0.1) is 0 Å². The average Bonchev–Trinajstić information content (AvgIpc) is 2.55. The highest BCUT2D eigenvalue weighted by molar-refractivity contribution is 5.90. The van der Waals surface area contributed by atoms with Crippen LogP contribution in [0.25, 0.3) is 0 Å². The van der Waals surface area contributed by atoms with E-state index < -0.39 is 0 Å². The smallest absolute Gasteiger partial charge is 0.224 e. The van der Waals surface area contributed by atoms with Crippen LogP contribution in [-0.4, -0.2) is 31.4 Å². The van der Waals surface area contributed by atoms with Crippen LogP contribution >= 0.6 is 0 Å². The van der Waals surface area contributed by atoms with Gasteiger partial charge in [0.15, 0.2) is 0 Å². The maximum atomic E-state index is 12.0. The fourth-order valence-corrected chi connectivity index (χ4v) is 3.36. The quantitative estimate of drug-likeness (QED) is 0.767. The van der Waals surface area contributed by atoms with Gasteiger partial charge in [0, 0.05) is 18.7 Å². The molecule has 0 heterocycles. The highest BCUT2D eigenvalue weighted by Gasteiger charge is 2.13. The van der Waals surface area contributed by atoms with Crippen molar-refractivity contribution in [3.05, 3.63) is 29.8 Å². The van der Waals surface area contributed by atoms with Gasteiger partial charge in [-0.3, -0.25) is 4.79 Å². The first-order chi connectivity index (χ1) is 11.1. The number of benzene rings is 1. The van der Waals surface area contributed by atoms with Gasteiger partial charge in [-0.2, -0.15) is 0 Å². The van der Waals surface area contributed by atoms with Crippen LogP contribution in [0, 0.1) is 5.92 Å². The summed E-state index contributed by atoms with van der Waals surface area (Å²) in [5.74, 6) is 1.02. The zero-order chi connectivity index (χ0) is 16.5. The third kappa shape index (κ3) is 7.17. The van der Waals surface area contributed by atoms with Crippen molar-refractivity contribution in [2.75, 3.05) is 26.0 Å². The van der Waals surface area contributed by atoms with E-state index in [1.54, 1.807) is 0 Å². The molecule has 1 aliphatic carbocycles. The normalized spacial score (nSPS) is 15.8. The van der Waals surface area contributed by atoms with Gasteiger partial charge < -0.3 is 10.2 Å². The molecule has 0 unspecified atom stereocenters. The molecule has 128 valence electrons. The van der Waals surface area contributed by atoms with Gasteiger partial charge in [-0.05, 0) is 57.0 Å². The first-order valence-corrected chi connectivity index (χ1v) is 9.17. The summed E-state index contributed by atoms with van der Waals surface area (Å²) in [6.07, 6.45) is 10.9. The first-order valence-electron chi connectivity index (χ1n) is 9.17. The largest absolute Gasteiger partial charge is 0.326 e. The lowest BCUT2D eigenvalue weighted by Gasteiger charge is -2.21. The Morgan fingerprint density at radius 1 is 1.13 bits per heavy atom. The van der Waals surface area contributed by atoms with E-state index in [2.05, 4.69) is 36.4 Å². The van der Waals surface area contributed by atoms with Gasteiger partial charge in [-0.1, -0.05) is 44.2 Å². The summed E-state index contributed by atoms with van der Waals surface area (Å²) in [4.78, 5) is 14.2. The lowest BCUT2D eigenvalue weighted by Crippen LogP contribution is -2.15. The summed E-state index contributed by atoms with van der Waals surface area (Å²) in [7, 11) is 4.17. The Morgan fingerprint density at radius 2 is 1.83 bits per heavy atom. The summed E-state index contributed by atoms with van der Waals surface area (Å²) in [5, 5.41) is 3.02. The van der Waals surface area contributed by atoms with Crippen LogP contribution in [0.1, 0.15) is 56.9 Å². The number of nitrogens with one attached hydrogen (secondary N) is 1. The second-order valence-corrected chi connectivity index (χ2v) is 7.19. The molecule has 1 aliphatic rings. The monoisotopic (exact) mass is 316 g/mol. The van der Waals surface area contributed by atoms with Crippen LogP contribution in [0.4, 0.5) is 5.69 Å². The molecule has 0 bridgehead atoms. The molecule has 1 aromatic carbocycles. The van der Waals surface area contributed by atoms with E-state index in [0.717, 1.165) is 31.0 Å². The molecule has 1 N–H and O–H groups in total. The van der Waals surface area contributed by atoms with E-state index in [9.17, 15) is 4.79 Å². The summed E-state index contributed by atoms with van der Waals surface area (Å²) >= 11 is 0. The van der Waals surface area contributed by atoms with Crippen molar-refractivity contribution in [1.29, 1.82) is 0 Å². The number of hydrogen-bond donors (Lipinski definition) is 1. The molecule has 1 fully saturated rings. The minimum atomic E-state index is 0.154.